The summed E-state index contributed by atoms with van der Waals surface area (Å²) in [5.74, 6) is 0. The molecule has 1 aliphatic heterocycles. The predicted octanol–water partition coefficient (Wildman–Crippen LogP) is 1.82. The van der Waals surface area contributed by atoms with Crippen LogP contribution >= 0.6 is 0 Å². The predicted molar refractivity (Wildman–Crippen MR) is 44.8 cm³/mol. The van der Waals surface area contributed by atoms with E-state index in [0.717, 1.165) is 12.1 Å². The quantitative estimate of drug-likeness (QED) is 0.454. The third kappa shape index (κ3) is 2.13. The molecule has 1 heterocycles. The molecule has 0 saturated heterocycles. The Balaban J connectivity index is 2.70. The lowest BCUT2D eigenvalue weighted by molar-refractivity contribution is 0.923. The zero-order valence-electron chi connectivity index (χ0n) is 6.41. The summed E-state index contributed by atoms with van der Waals surface area (Å²) >= 11 is 0. The van der Waals surface area contributed by atoms with Gasteiger partial charge in [0.05, 0.1) is 6.04 Å². The van der Waals surface area contributed by atoms with E-state index in [9.17, 15) is 0 Å². The van der Waals surface area contributed by atoms with Gasteiger partial charge < -0.3 is 0 Å². The molecule has 1 atom stereocenters. The minimum absolute atomic E-state index is 0.289. The van der Waals surface area contributed by atoms with Crippen LogP contribution in [-0.2, 0) is 0 Å². The molecule has 1 rings (SSSR count). The average molecular weight is 136 g/mol. The Morgan fingerprint density at radius 1 is 1.60 bits per heavy atom. The van der Waals surface area contributed by atoms with Crippen molar-refractivity contribution < 1.29 is 0 Å². The van der Waals surface area contributed by atoms with E-state index < -0.39 is 0 Å². The summed E-state index contributed by atoms with van der Waals surface area (Å²) in [6.45, 7) is 4.05. The zero-order valence-corrected chi connectivity index (χ0v) is 6.41. The van der Waals surface area contributed by atoms with Crippen molar-refractivity contribution in [3.8, 4) is 0 Å². The van der Waals surface area contributed by atoms with Crippen molar-refractivity contribution in [3.63, 3.8) is 0 Å². The highest BCUT2D eigenvalue weighted by Crippen LogP contribution is 1.97. The first-order chi connectivity index (χ1) is 4.79. The monoisotopic (exact) mass is 136 g/mol. The van der Waals surface area contributed by atoms with Gasteiger partial charge in [0.1, 0.15) is 6.34 Å². The van der Waals surface area contributed by atoms with Crippen molar-refractivity contribution in [1.82, 2.24) is 0 Å². The smallest absolute Gasteiger partial charge is 0.110 e. The Hall–Kier alpha value is -0.920. The van der Waals surface area contributed by atoms with Gasteiger partial charge in [-0.05, 0) is 13.8 Å². The summed E-state index contributed by atoms with van der Waals surface area (Å²) in [6.07, 6.45) is 6.80. The SMILES string of the molecule is C/C1=N\C=N/[C@H](C)/C=C\C1. The number of allylic oxidation sites excluding steroid dienone is 1. The van der Waals surface area contributed by atoms with E-state index in [4.69, 9.17) is 0 Å². The Morgan fingerprint density at radius 3 is 3.20 bits per heavy atom. The van der Waals surface area contributed by atoms with Crippen LogP contribution in [0.25, 0.3) is 0 Å². The van der Waals surface area contributed by atoms with Crippen LogP contribution in [0.5, 0.6) is 0 Å². The molecule has 0 aliphatic carbocycles. The summed E-state index contributed by atoms with van der Waals surface area (Å²) in [6, 6.07) is 0.289. The molecule has 0 aromatic carbocycles. The van der Waals surface area contributed by atoms with Crippen molar-refractivity contribution in [2.45, 2.75) is 26.3 Å². The second-order valence-electron chi connectivity index (χ2n) is 2.50. The number of aliphatic imine (C=N–C) groups is 2. The molecule has 0 bridgehead atoms. The van der Waals surface area contributed by atoms with Crippen molar-refractivity contribution >= 4 is 12.1 Å². The minimum atomic E-state index is 0.289. The number of rotatable bonds is 0. The number of hydrogen-bond acceptors (Lipinski definition) is 2. The molecule has 0 aromatic heterocycles. The Bertz CT molecular complexity index is 189. The molecule has 2 nitrogen and oxygen atoms in total. The zero-order chi connectivity index (χ0) is 7.40. The molecule has 0 N–H and O–H groups in total. The minimum Gasteiger partial charge on any atom is -0.266 e. The van der Waals surface area contributed by atoms with Crippen LogP contribution in [0.15, 0.2) is 22.1 Å². The molecule has 0 unspecified atom stereocenters. The van der Waals surface area contributed by atoms with Crippen molar-refractivity contribution in [2.75, 3.05) is 0 Å². The fourth-order valence-corrected chi connectivity index (χ4v) is 0.775. The highest BCUT2D eigenvalue weighted by Gasteiger charge is 1.93. The molecule has 54 valence electrons. The Morgan fingerprint density at radius 2 is 2.40 bits per heavy atom. The van der Waals surface area contributed by atoms with Gasteiger partial charge in [-0.25, -0.2) is 4.99 Å². The number of hydrogen-bond donors (Lipinski definition) is 0. The van der Waals surface area contributed by atoms with Gasteiger partial charge in [-0.3, -0.25) is 4.99 Å². The molecular formula is C8H12N2. The normalized spacial score (nSPS) is 37.0. The van der Waals surface area contributed by atoms with Crippen molar-refractivity contribution in [1.29, 1.82) is 0 Å². The molecule has 0 saturated carbocycles. The van der Waals surface area contributed by atoms with Crippen LogP contribution < -0.4 is 0 Å². The van der Waals surface area contributed by atoms with Crippen LogP contribution in [0, 0.1) is 0 Å². The molecule has 1 aliphatic rings. The molecule has 2 heteroatoms. The number of nitrogens with zero attached hydrogens (tertiary/aromatic N) is 2. The molecule has 0 aromatic rings. The Kier molecular flexibility index (Phi) is 2.37. The van der Waals surface area contributed by atoms with E-state index in [1.54, 1.807) is 6.34 Å². The first kappa shape index (κ1) is 7.19. The maximum Gasteiger partial charge on any atom is 0.110 e. The second kappa shape index (κ2) is 3.30. The lowest BCUT2D eigenvalue weighted by atomic mass is 10.2. The van der Waals surface area contributed by atoms with Gasteiger partial charge in [-0.1, -0.05) is 12.2 Å². The molecule has 0 radical (unpaired) electrons. The lowest BCUT2D eigenvalue weighted by Gasteiger charge is -2.00. The van der Waals surface area contributed by atoms with E-state index in [2.05, 4.69) is 22.1 Å². The summed E-state index contributed by atoms with van der Waals surface area (Å²) in [4.78, 5) is 8.24. The fraction of sp³-hybridized carbons (Fsp3) is 0.500. The topological polar surface area (TPSA) is 24.7 Å². The van der Waals surface area contributed by atoms with Crippen molar-refractivity contribution in [3.05, 3.63) is 12.2 Å². The second-order valence-corrected chi connectivity index (χ2v) is 2.50. The van der Waals surface area contributed by atoms with Gasteiger partial charge in [0, 0.05) is 12.1 Å². The first-order valence-corrected chi connectivity index (χ1v) is 3.50. The van der Waals surface area contributed by atoms with Crippen LogP contribution in [0.1, 0.15) is 20.3 Å². The Labute approximate surface area is 61.4 Å². The van der Waals surface area contributed by atoms with E-state index in [1.165, 1.54) is 0 Å². The summed E-state index contributed by atoms with van der Waals surface area (Å²) in [5.41, 5.74) is 1.12. The fourth-order valence-electron chi connectivity index (χ4n) is 0.775. The van der Waals surface area contributed by atoms with E-state index in [0.29, 0.717) is 0 Å². The van der Waals surface area contributed by atoms with Gasteiger partial charge in [0.2, 0.25) is 0 Å². The van der Waals surface area contributed by atoms with Gasteiger partial charge in [0.15, 0.2) is 0 Å². The van der Waals surface area contributed by atoms with E-state index in [-0.39, 0.29) is 6.04 Å². The maximum atomic E-state index is 4.13. The van der Waals surface area contributed by atoms with Crippen molar-refractivity contribution in [2.24, 2.45) is 9.98 Å². The average Bonchev–Trinajstić information content (AvgIpc) is 1.84. The summed E-state index contributed by atoms with van der Waals surface area (Å²) in [5, 5.41) is 0. The summed E-state index contributed by atoms with van der Waals surface area (Å²) < 4.78 is 0. The van der Waals surface area contributed by atoms with E-state index in [1.807, 2.05) is 13.8 Å². The highest BCUT2D eigenvalue weighted by atomic mass is 14.9. The van der Waals surface area contributed by atoms with Crippen LogP contribution in [0.3, 0.4) is 0 Å². The summed E-state index contributed by atoms with van der Waals surface area (Å²) in [7, 11) is 0. The van der Waals surface area contributed by atoms with E-state index >= 15 is 0 Å². The standard InChI is InChI=1S/C8H12N2/c1-7-4-3-5-8(2)10-6-9-7/h3-4,6-7H,5H2,1-2H3/b4-3-,9-6-,10-8+/t7-/m1/s1. The van der Waals surface area contributed by atoms with Crippen LogP contribution in [0.4, 0.5) is 0 Å². The first-order valence-electron chi connectivity index (χ1n) is 3.50. The lowest BCUT2D eigenvalue weighted by Crippen LogP contribution is -1.97. The van der Waals surface area contributed by atoms with Gasteiger partial charge in [-0.15, -0.1) is 0 Å². The third-order valence-electron chi connectivity index (χ3n) is 1.41. The third-order valence-corrected chi connectivity index (χ3v) is 1.41. The highest BCUT2D eigenvalue weighted by molar-refractivity contribution is 5.89. The van der Waals surface area contributed by atoms with Gasteiger partial charge >= 0.3 is 0 Å². The van der Waals surface area contributed by atoms with Gasteiger partial charge in [-0.2, -0.15) is 0 Å². The molecule has 0 spiro atoms. The maximum absolute atomic E-state index is 4.13. The molecule has 10 heavy (non-hydrogen) atoms. The molecule has 0 amide bonds. The largest absolute Gasteiger partial charge is 0.266 e. The molecular weight excluding hydrogens is 124 g/mol. The molecule has 0 fully saturated rings. The van der Waals surface area contributed by atoms with Gasteiger partial charge in [0.25, 0.3) is 0 Å². The van der Waals surface area contributed by atoms with Crippen LogP contribution in [-0.4, -0.2) is 18.1 Å². The van der Waals surface area contributed by atoms with Crippen LogP contribution in [0.2, 0.25) is 0 Å².